The van der Waals surface area contributed by atoms with E-state index in [0.29, 0.717) is 17.6 Å². The lowest BCUT2D eigenvalue weighted by Crippen LogP contribution is -2.52. The highest BCUT2D eigenvalue weighted by atomic mass is 16.6. The number of nitrogens with zero attached hydrogens (tertiary/aromatic N) is 1. The number of rotatable bonds is 3. The average Bonchev–Trinajstić information content (AvgIpc) is 3.46. The van der Waals surface area contributed by atoms with E-state index in [9.17, 15) is 0 Å². The molecule has 2 nitrogen and oxygen atoms in total. The van der Waals surface area contributed by atoms with Crippen molar-refractivity contribution >= 4 is 5.69 Å². The molecule has 0 aromatic heterocycles. The second kappa shape index (κ2) is 7.26. The van der Waals surface area contributed by atoms with Gasteiger partial charge in [0.2, 0.25) is 0 Å². The minimum Gasteiger partial charge on any atom is -0.378 e. The number of anilines is 1. The van der Waals surface area contributed by atoms with Crippen LogP contribution >= 0.6 is 0 Å². The number of hydrogen-bond donors (Lipinski definition) is 0. The quantitative estimate of drug-likeness (QED) is 0.509. The fraction of sp³-hybridized carbons (Fsp3) is 0.786. The number of benzene rings is 1. The number of fused-ring (bicyclic) bond motifs is 5. The minimum atomic E-state index is 0.359. The van der Waals surface area contributed by atoms with E-state index in [0.717, 1.165) is 35.5 Å². The van der Waals surface area contributed by atoms with Crippen molar-refractivity contribution in [1.29, 1.82) is 0 Å². The Labute approximate surface area is 183 Å². The summed E-state index contributed by atoms with van der Waals surface area (Å²) >= 11 is 0. The molecule has 0 bridgehead atoms. The molecule has 164 valence electrons. The zero-order valence-corrected chi connectivity index (χ0v) is 19.4. The van der Waals surface area contributed by atoms with Crippen LogP contribution in [0.4, 0.5) is 5.69 Å². The van der Waals surface area contributed by atoms with E-state index in [1.807, 2.05) is 0 Å². The largest absolute Gasteiger partial charge is 0.378 e. The first-order valence-electron chi connectivity index (χ1n) is 13.0. The Morgan fingerprint density at radius 3 is 2.47 bits per heavy atom. The highest BCUT2D eigenvalue weighted by Crippen LogP contribution is 2.67. The first-order valence-corrected chi connectivity index (χ1v) is 13.0. The van der Waals surface area contributed by atoms with Gasteiger partial charge in [0.1, 0.15) is 6.10 Å². The SMILES string of the molecule is CN(C)c1ccc(C2O[C@@H]2[C@H]2C[C@]3(C)CCC[C@H]3[C@@H]3CCC4CCCC[C@@H]4[C@H]32)cc1. The van der Waals surface area contributed by atoms with Crippen molar-refractivity contribution in [2.24, 2.45) is 40.9 Å². The Bertz CT molecular complexity index is 771. The van der Waals surface area contributed by atoms with Crippen molar-refractivity contribution in [1.82, 2.24) is 0 Å². The Balaban J connectivity index is 1.28. The number of epoxide rings is 1. The topological polar surface area (TPSA) is 15.8 Å². The van der Waals surface area contributed by atoms with Crippen LogP contribution in [0.5, 0.6) is 0 Å². The third kappa shape index (κ3) is 3.07. The molecule has 1 aromatic rings. The van der Waals surface area contributed by atoms with Gasteiger partial charge in [0, 0.05) is 19.8 Å². The maximum absolute atomic E-state index is 6.55. The predicted octanol–water partition coefficient (Wildman–Crippen LogP) is 6.85. The van der Waals surface area contributed by atoms with Crippen LogP contribution in [-0.2, 0) is 4.74 Å². The van der Waals surface area contributed by atoms with Gasteiger partial charge in [-0.15, -0.1) is 0 Å². The van der Waals surface area contributed by atoms with Gasteiger partial charge in [-0.1, -0.05) is 44.7 Å². The van der Waals surface area contributed by atoms with E-state index in [-0.39, 0.29) is 0 Å². The van der Waals surface area contributed by atoms with Gasteiger partial charge in [0.05, 0.1) is 6.10 Å². The van der Waals surface area contributed by atoms with E-state index >= 15 is 0 Å². The van der Waals surface area contributed by atoms with Crippen LogP contribution in [-0.4, -0.2) is 20.2 Å². The van der Waals surface area contributed by atoms with E-state index < -0.39 is 0 Å². The van der Waals surface area contributed by atoms with Crippen LogP contribution in [0.3, 0.4) is 0 Å². The molecule has 0 N–H and O–H groups in total. The smallest absolute Gasteiger partial charge is 0.109 e. The lowest BCUT2D eigenvalue weighted by Gasteiger charge is -2.58. The molecule has 2 heteroatoms. The molecule has 1 aromatic carbocycles. The molecule has 0 radical (unpaired) electrons. The molecule has 6 rings (SSSR count). The molecule has 0 amide bonds. The Kier molecular flexibility index (Phi) is 4.75. The molecule has 1 saturated heterocycles. The molecule has 9 atom stereocenters. The second-order valence-corrected chi connectivity index (χ2v) is 12.1. The lowest BCUT2D eigenvalue weighted by molar-refractivity contribution is -0.0929. The number of ether oxygens (including phenoxy) is 1. The standard InChI is InChI=1S/C28H41NO/c1-28-16-6-9-24(28)22-15-12-18-7-4-5-8-21(18)25(22)23(17-28)27-26(30-27)19-10-13-20(14-11-19)29(2)3/h10-11,13-14,18,21-27H,4-9,12,15-17H2,1-3H3/t18?,21-,22-,23-,24-,25+,26?,27+,28-/m0/s1. The highest BCUT2D eigenvalue weighted by molar-refractivity contribution is 5.47. The predicted molar refractivity (Wildman–Crippen MR) is 124 cm³/mol. The minimum absolute atomic E-state index is 0.359. The fourth-order valence-corrected chi connectivity index (χ4v) is 9.06. The summed E-state index contributed by atoms with van der Waals surface area (Å²) in [4.78, 5) is 2.19. The maximum atomic E-state index is 6.55. The van der Waals surface area contributed by atoms with Gasteiger partial charge >= 0.3 is 0 Å². The molecule has 2 unspecified atom stereocenters. The second-order valence-electron chi connectivity index (χ2n) is 12.1. The molecule has 30 heavy (non-hydrogen) atoms. The normalized spacial score (nSPS) is 47.2. The van der Waals surface area contributed by atoms with Crippen LogP contribution in [0.1, 0.15) is 82.8 Å². The summed E-state index contributed by atoms with van der Waals surface area (Å²) < 4.78 is 6.55. The zero-order valence-electron chi connectivity index (χ0n) is 19.4. The molecule has 0 spiro atoms. The van der Waals surface area contributed by atoms with Gasteiger partial charge < -0.3 is 9.64 Å². The monoisotopic (exact) mass is 407 g/mol. The number of hydrogen-bond acceptors (Lipinski definition) is 2. The molecule has 4 saturated carbocycles. The van der Waals surface area contributed by atoms with E-state index in [2.05, 4.69) is 50.2 Å². The summed E-state index contributed by atoms with van der Waals surface area (Å²) in [6.45, 7) is 2.66. The summed E-state index contributed by atoms with van der Waals surface area (Å²) in [6.07, 6.45) is 15.8. The van der Waals surface area contributed by atoms with Crippen molar-refractivity contribution in [2.75, 3.05) is 19.0 Å². The fourth-order valence-electron chi connectivity index (χ4n) is 9.06. The van der Waals surface area contributed by atoms with Crippen molar-refractivity contribution in [2.45, 2.75) is 83.3 Å². The molecule has 1 heterocycles. The Morgan fingerprint density at radius 1 is 0.867 bits per heavy atom. The molecular formula is C28H41NO. The van der Waals surface area contributed by atoms with Crippen LogP contribution in [0, 0.1) is 40.9 Å². The van der Waals surface area contributed by atoms with Gasteiger partial charge in [0.25, 0.3) is 0 Å². The first-order chi connectivity index (χ1) is 14.5. The summed E-state index contributed by atoms with van der Waals surface area (Å²) in [5.74, 6) is 5.81. The average molecular weight is 408 g/mol. The van der Waals surface area contributed by atoms with Crippen LogP contribution in [0.15, 0.2) is 24.3 Å². The van der Waals surface area contributed by atoms with Gasteiger partial charge in [0.15, 0.2) is 0 Å². The molecule has 5 aliphatic rings. The molecule has 4 aliphatic carbocycles. The summed E-state index contributed by atoms with van der Waals surface area (Å²) in [5, 5.41) is 0. The summed E-state index contributed by atoms with van der Waals surface area (Å²) in [7, 11) is 4.24. The maximum Gasteiger partial charge on any atom is 0.109 e. The lowest BCUT2D eigenvalue weighted by atomic mass is 9.47. The first kappa shape index (κ1) is 19.6. The van der Waals surface area contributed by atoms with Gasteiger partial charge in [-0.25, -0.2) is 0 Å². The van der Waals surface area contributed by atoms with Crippen molar-refractivity contribution in [3.63, 3.8) is 0 Å². The Hall–Kier alpha value is -1.02. The summed E-state index contributed by atoms with van der Waals surface area (Å²) in [5.41, 5.74) is 3.29. The van der Waals surface area contributed by atoms with Gasteiger partial charge in [-0.2, -0.15) is 0 Å². The molecule has 1 aliphatic heterocycles. The Morgan fingerprint density at radius 2 is 1.67 bits per heavy atom. The van der Waals surface area contributed by atoms with Gasteiger partial charge in [-0.05, 0) is 97.1 Å². The van der Waals surface area contributed by atoms with Crippen molar-refractivity contribution < 1.29 is 4.74 Å². The van der Waals surface area contributed by atoms with Gasteiger partial charge in [-0.3, -0.25) is 0 Å². The third-order valence-electron chi connectivity index (χ3n) is 10.4. The summed E-state index contributed by atoms with van der Waals surface area (Å²) in [6, 6.07) is 9.18. The molecule has 5 fully saturated rings. The van der Waals surface area contributed by atoms with Crippen molar-refractivity contribution in [3.05, 3.63) is 29.8 Å². The third-order valence-corrected chi connectivity index (χ3v) is 10.4. The van der Waals surface area contributed by atoms with E-state index in [1.54, 1.807) is 0 Å². The van der Waals surface area contributed by atoms with Crippen LogP contribution < -0.4 is 4.90 Å². The van der Waals surface area contributed by atoms with E-state index in [1.165, 1.54) is 75.5 Å². The van der Waals surface area contributed by atoms with E-state index in [4.69, 9.17) is 4.74 Å². The van der Waals surface area contributed by atoms with Crippen molar-refractivity contribution in [3.8, 4) is 0 Å². The van der Waals surface area contributed by atoms with Crippen LogP contribution in [0.25, 0.3) is 0 Å². The zero-order chi connectivity index (χ0) is 20.5. The van der Waals surface area contributed by atoms with Crippen LogP contribution in [0.2, 0.25) is 0 Å². The molecular weight excluding hydrogens is 366 g/mol. The highest BCUT2D eigenvalue weighted by Gasteiger charge is 2.61.